The zero-order valence-electron chi connectivity index (χ0n) is 22.8. The average Bonchev–Trinajstić information content (AvgIpc) is 3.17. The van der Waals surface area contributed by atoms with Crippen LogP contribution in [0.25, 0.3) is 0 Å². The third-order valence-corrected chi connectivity index (χ3v) is 7.98. The number of carbonyl (C=O) groups is 2. The number of primary amides is 1. The van der Waals surface area contributed by atoms with E-state index in [9.17, 15) is 14.9 Å². The minimum atomic E-state index is -1.59. The van der Waals surface area contributed by atoms with Crippen molar-refractivity contribution < 1.29 is 18.4 Å². The molecule has 1 fully saturated rings. The molecule has 0 radical (unpaired) electrons. The van der Waals surface area contributed by atoms with Gasteiger partial charge in [0.15, 0.2) is 0 Å². The first-order valence-electron chi connectivity index (χ1n) is 13.0. The molecule has 0 saturated carbocycles. The number of nitriles is 1. The van der Waals surface area contributed by atoms with Gasteiger partial charge in [-0.3, -0.25) is 14.5 Å². The second-order valence-corrected chi connectivity index (χ2v) is 12.3. The second kappa shape index (κ2) is 11.8. The predicted octanol–water partition coefficient (Wildman–Crippen LogP) is 6.67. The fraction of sp³-hybridized carbons (Fsp3) is 0.323. The molecule has 4 rings (SSSR count). The van der Waals surface area contributed by atoms with Crippen LogP contribution in [0.15, 0.2) is 60.7 Å². The van der Waals surface area contributed by atoms with Crippen LogP contribution in [0.5, 0.6) is 0 Å². The first-order chi connectivity index (χ1) is 19.3. The van der Waals surface area contributed by atoms with Crippen molar-refractivity contribution >= 4 is 40.7 Å². The third-order valence-electron chi connectivity index (χ3n) is 7.46. The lowest BCUT2D eigenvalue weighted by Crippen LogP contribution is -2.48. The summed E-state index contributed by atoms with van der Waals surface area (Å²) >= 11 is 12.2. The molecule has 0 bridgehead atoms. The molecule has 1 aliphatic heterocycles. The Bertz CT molecular complexity index is 1520. The molecule has 0 spiro atoms. The summed E-state index contributed by atoms with van der Waals surface area (Å²) in [4.78, 5) is 26.5. The van der Waals surface area contributed by atoms with Crippen LogP contribution in [0.4, 0.5) is 14.5 Å². The molecule has 1 saturated heterocycles. The Labute approximate surface area is 248 Å². The van der Waals surface area contributed by atoms with Crippen molar-refractivity contribution in [2.45, 2.75) is 44.6 Å². The minimum absolute atomic E-state index is 0.0768. The maximum Gasteiger partial charge on any atom is 0.248 e. The van der Waals surface area contributed by atoms with E-state index in [0.717, 1.165) is 6.07 Å². The van der Waals surface area contributed by atoms with Gasteiger partial charge in [-0.25, -0.2) is 8.78 Å². The van der Waals surface area contributed by atoms with E-state index in [1.54, 1.807) is 29.2 Å². The number of carbonyl (C=O) groups excluding carboxylic acids is 2. The van der Waals surface area contributed by atoms with Crippen molar-refractivity contribution in [2.75, 3.05) is 18.4 Å². The topological polar surface area (TPSA) is 99.2 Å². The fourth-order valence-corrected chi connectivity index (χ4v) is 6.05. The van der Waals surface area contributed by atoms with Gasteiger partial charge in [0.1, 0.15) is 17.0 Å². The molecule has 6 nitrogen and oxygen atoms in total. The Morgan fingerprint density at radius 2 is 1.80 bits per heavy atom. The first-order valence-corrected chi connectivity index (χ1v) is 13.8. The molecule has 0 aliphatic carbocycles. The lowest BCUT2D eigenvalue weighted by atomic mass is 9.64. The number of benzene rings is 3. The van der Waals surface area contributed by atoms with Crippen molar-refractivity contribution in [2.24, 2.45) is 11.1 Å². The second-order valence-electron chi connectivity index (χ2n) is 11.5. The van der Waals surface area contributed by atoms with Gasteiger partial charge in [0.05, 0.1) is 17.6 Å². The van der Waals surface area contributed by atoms with Crippen LogP contribution < -0.4 is 11.1 Å². The fourth-order valence-electron chi connectivity index (χ4n) is 5.71. The molecule has 2 amide bonds. The summed E-state index contributed by atoms with van der Waals surface area (Å²) in [6.45, 7) is 5.88. The van der Waals surface area contributed by atoms with Gasteiger partial charge in [0, 0.05) is 40.3 Å². The molecular weight excluding hydrogens is 569 g/mol. The Hall–Kier alpha value is -3.51. The zero-order chi connectivity index (χ0) is 30.1. The Kier molecular flexibility index (Phi) is 8.74. The minimum Gasteiger partial charge on any atom is -0.366 e. The summed E-state index contributed by atoms with van der Waals surface area (Å²) < 4.78 is 31.2. The van der Waals surface area contributed by atoms with Crippen LogP contribution in [0, 0.1) is 28.4 Å². The van der Waals surface area contributed by atoms with E-state index >= 15 is 8.78 Å². The molecule has 41 heavy (non-hydrogen) atoms. The van der Waals surface area contributed by atoms with Crippen molar-refractivity contribution in [3.63, 3.8) is 0 Å². The third kappa shape index (κ3) is 6.23. The van der Waals surface area contributed by atoms with Crippen LogP contribution in [-0.2, 0) is 10.2 Å². The first kappa shape index (κ1) is 30.4. The van der Waals surface area contributed by atoms with Crippen molar-refractivity contribution in [1.82, 2.24) is 4.90 Å². The lowest BCUT2D eigenvalue weighted by Gasteiger charge is -2.39. The van der Waals surface area contributed by atoms with Gasteiger partial charge in [0.25, 0.3) is 0 Å². The molecule has 214 valence electrons. The number of hydrogen-bond donors (Lipinski definition) is 2. The van der Waals surface area contributed by atoms with E-state index in [-0.39, 0.29) is 39.7 Å². The molecule has 10 heteroatoms. The van der Waals surface area contributed by atoms with Gasteiger partial charge >= 0.3 is 0 Å². The zero-order valence-corrected chi connectivity index (χ0v) is 24.4. The average molecular weight is 600 g/mol. The van der Waals surface area contributed by atoms with Crippen LogP contribution >= 0.6 is 23.2 Å². The molecule has 3 aromatic carbocycles. The monoisotopic (exact) mass is 598 g/mol. The number of hydrogen-bond acceptors (Lipinski definition) is 4. The molecule has 1 heterocycles. The number of nitrogens with one attached hydrogen (secondary N) is 1. The van der Waals surface area contributed by atoms with Crippen molar-refractivity contribution in [3.05, 3.63) is 99.0 Å². The lowest BCUT2D eigenvalue weighted by molar-refractivity contribution is -0.117. The highest BCUT2D eigenvalue weighted by Crippen LogP contribution is 2.53. The Morgan fingerprint density at radius 3 is 2.39 bits per heavy atom. The SMILES string of the molecule is CC(C)(C)C[C@@H]1N(CC(=O)Nc2ccc(C(N)=O)cc2)C[C@H](c2cccc(Cl)c2F)[C@@]1(C#N)c1ccc(Cl)cc1F. The number of nitrogens with two attached hydrogens (primary N) is 1. The molecule has 3 atom stereocenters. The maximum absolute atomic E-state index is 15.7. The van der Waals surface area contributed by atoms with E-state index in [1.807, 2.05) is 20.8 Å². The highest BCUT2D eigenvalue weighted by Gasteiger charge is 2.58. The van der Waals surface area contributed by atoms with E-state index in [1.165, 1.54) is 30.3 Å². The smallest absolute Gasteiger partial charge is 0.248 e. The van der Waals surface area contributed by atoms with E-state index in [0.29, 0.717) is 17.7 Å². The van der Waals surface area contributed by atoms with Crippen LogP contribution in [0.2, 0.25) is 10.0 Å². The van der Waals surface area contributed by atoms with E-state index in [2.05, 4.69) is 11.4 Å². The van der Waals surface area contributed by atoms with Gasteiger partial charge in [-0.05, 0) is 59.9 Å². The van der Waals surface area contributed by atoms with Crippen LogP contribution in [0.1, 0.15) is 54.6 Å². The highest BCUT2D eigenvalue weighted by molar-refractivity contribution is 6.31. The summed E-state index contributed by atoms with van der Waals surface area (Å²) in [5, 5.41) is 13.8. The van der Waals surface area contributed by atoms with Gasteiger partial charge in [-0.2, -0.15) is 5.26 Å². The van der Waals surface area contributed by atoms with Gasteiger partial charge < -0.3 is 11.1 Å². The molecule has 3 aromatic rings. The Morgan fingerprint density at radius 1 is 1.12 bits per heavy atom. The normalized spacial score (nSPS) is 20.9. The summed E-state index contributed by atoms with van der Waals surface area (Å²) in [7, 11) is 0. The van der Waals surface area contributed by atoms with Crippen molar-refractivity contribution in [3.8, 4) is 6.07 Å². The van der Waals surface area contributed by atoms with Crippen molar-refractivity contribution in [1.29, 1.82) is 5.26 Å². The van der Waals surface area contributed by atoms with Gasteiger partial charge in [-0.15, -0.1) is 0 Å². The highest BCUT2D eigenvalue weighted by atomic mass is 35.5. The number of nitrogens with zero attached hydrogens (tertiary/aromatic N) is 2. The number of likely N-dealkylation sites (tertiary alicyclic amines) is 1. The van der Waals surface area contributed by atoms with Crippen LogP contribution in [0.3, 0.4) is 0 Å². The standard InChI is InChI=1S/C31H30Cl2F2N4O2/c1-30(2,3)14-26-31(17-36,22-12-9-19(32)13-25(22)34)23(21-5-4-6-24(33)28(21)35)15-39(26)16-27(40)38-20-10-7-18(8-11-20)29(37)41/h4-13,23,26H,14-16H2,1-3H3,(H2,37,41)(H,38,40)/t23-,26+,31-/m1/s1. The summed E-state index contributed by atoms with van der Waals surface area (Å²) in [5.74, 6) is -3.23. The molecule has 3 N–H and O–H groups in total. The molecule has 1 aliphatic rings. The molecule has 0 aromatic heterocycles. The molecule has 0 unspecified atom stereocenters. The number of anilines is 1. The van der Waals surface area contributed by atoms with E-state index < -0.39 is 40.8 Å². The van der Waals surface area contributed by atoms with Gasteiger partial charge in [0.2, 0.25) is 11.8 Å². The summed E-state index contributed by atoms with van der Waals surface area (Å²) in [6, 6.07) is 16.5. The summed E-state index contributed by atoms with van der Waals surface area (Å²) in [5.41, 5.74) is 4.34. The van der Waals surface area contributed by atoms with Crippen LogP contribution in [-0.4, -0.2) is 35.8 Å². The summed E-state index contributed by atoms with van der Waals surface area (Å²) in [6.07, 6.45) is 0.391. The number of rotatable bonds is 7. The largest absolute Gasteiger partial charge is 0.366 e. The maximum atomic E-state index is 15.7. The van der Waals surface area contributed by atoms with Gasteiger partial charge in [-0.1, -0.05) is 62.2 Å². The predicted molar refractivity (Wildman–Crippen MR) is 156 cm³/mol. The molecular formula is C31H30Cl2F2N4O2. The Balaban J connectivity index is 1.82. The number of halogens is 4. The number of amides is 2. The van der Waals surface area contributed by atoms with E-state index in [4.69, 9.17) is 28.9 Å². The quantitative estimate of drug-likeness (QED) is 0.317.